The number of amides is 1. The zero-order chi connectivity index (χ0) is 23.2. The number of thioether (sulfide) groups is 1. The van der Waals surface area contributed by atoms with E-state index in [1.165, 1.54) is 36.6 Å². The molecule has 1 aromatic heterocycles. The Morgan fingerprint density at radius 3 is 2.55 bits per heavy atom. The van der Waals surface area contributed by atoms with Gasteiger partial charge in [0, 0.05) is 0 Å². The standard InChI is InChI=1S/C24H27Cl2N5OS/c1-17-10-11-19(25)23(22(17)26)27-21(32)16-33-24-29-28-20(15-30-12-6-3-7-13-30)31(24)14-18-8-4-2-5-9-18/h2,4-5,8-11H,3,6-7,12-16H2,1H3,(H,27,32). The van der Waals surface area contributed by atoms with Gasteiger partial charge in [0.15, 0.2) is 5.16 Å². The number of hydrogen-bond acceptors (Lipinski definition) is 5. The predicted octanol–water partition coefficient (Wildman–Crippen LogP) is 5.66. The Morgan fingerprint density at radius 2 is 1.79 bits per heavy atom. The van der Waals surface area contributed by atoms with Gasteiger partial charge in [-0.15, -0.1) is 10.2 Å². The Balaban J connectivity index is 1.48. The average molecular weight is 504 g/mol. The number of aromatic nitrogens is 3. The molecule has 1 saturated heterocycles. The number of halogens is 2. The van der Waals surface area contributed by atoms with Gasteiger partial charge in [-0.2, -0.15) is 0 Å². The summed E-state index contributed by atoms with van der Waals surface area (Å²) < 4.78 is 2.12. The number of carbonyl (C=O) groups is 1. The first-order valence-electron chi connectivity index (χ1n) is 11.1. The van der Waals surface area contributed by atoms with Gasteiger partial charge in [0.2, 0.25) is 5.91 Å². The zero-order valence-corrected chi connectivity index (χ0v) is 20.9. The number of aryl methyl sites for hydroxylation is 1. The van der Waals surface area contributed by atoms with Crippen molar-refractivity contribution in [2.24, 2.45) is 0 Å². The summed E-state index contributed by atoms with van der Waals surface area (Å²) in [7, 11) is 0. The van der Waals surface area contributed by atoms with E-state index >= 15 is 0 Å². The van der Waals surface area contributed by atoms with Crippen LogP contribution in [0.25, 0.3) is 0 Å². The van der Waals surface area contributed by atoms with E-state index in [4.69, 9.17) is 23.2 Å². The van der Waals surface area contributed by atoms with E-state index in [1.807, 2.05) is 31.2 Å². The lowest BCUT2D eigenvalue weighted by Gasteiger charge is -2.26. The Hall–Kier alpha value is -2.06. The highest BCUT2D eigenvalue weighted by Crippen LogP contribution is 2.33. The first-order chi connectivity index (χ1) is 16.0. The summed E-state index contributed by atoms with van der Waals surface area (Å²) in [5, 5.41) is 13.3. The number of carbonyl (C=O) groups excluding carboxylic acids is 1. The summed E-state index contributed by atoms with van der Waals surface area (Å²) in [4.78, 5) is 15.1. The maximum atomic E-state index is 12.7. The average Bonchev–Trinajstić information content (AvgIpc) is 3.20. The maximum absolute atomic E-state index is 12.7. The smallest absolute Gasteiger partial charge is 0.234 e. The minimum absolute atomic E-state index is 0.178. The van der Waals surface area contributed by atoms with Gasteiger partial charge in [-0.25, -0.2) is 0 Å². The van der Waals surface area contributed by atoms with Crippen LogP contribution in [0.5, 0.6) is 0 Å². The SMILES string of the molecule is Cc1ccc(Cl)c(NC(=O)CSc2nnc(CN3CCCCC3)n2Cc2ccccc2)c1Cl. The largest absolute Gasteiger partial charge is 0.323 e. The number of hydrogen-bond donors (Lipinski definition) is 1. The number of nitrogens with zero attached hydrogens (tertiary/aromatic N) is 4. The monoisotopic (exact) mass is 503 g/mol. The van der Waals surface area contributed by atoms with Crippen molar-refractivity contribution < 1.29 is 4.79 Å². The molecule has 0 bridgehead atoms. The van der Waals surface area contributed by atoms with Crippen molar-refractivity contribution >= 4 is 46.6 Å². The molecule has 2 aromatic carbocycles. The third-order valence-electron chi connectivity index (χ3n) is 5.67. The highest BCUT2D eigenvalue weighted by Gasteiger charge is 2.19. The second-order valence-electron chi connectivity index (χ2n) is 8.20. The summed E-state index contributed by atoms with van der Waals surface area (Å²) in [6, 6.07) is 13.8. The Bertz CT molecular complexity index is 1100. The first-order valence-corrected chi connectivity index (χ1v) is 12.8. The molecule has 0 saturated carbocycles. The van der Waals surface area contributed by atoms with Gasteiger partial charge in [0.1, 0.15) is 5.82 Å². The molecule has 1 aliphatic rings. The number of likely N-dealkylation sites (tertiary alicyclic amines) is 1. The lowest BCUT2D eigenvalue weighted by molar-refractivity contribution is -0.113. The van der Waals surface area contributed by atoms with Crippen LogP contribution in [-0.4, -0.2) is 44.4 Å². The van der Waals surface area contributed by atoms with E-state index in [0.717, 1.165) is 36.2 Å². The van der Waals surface area contributed by atoms with Crippen molar-refractivity contribution in [1.29, 1.82) is 0 Å². The van der Waals surface area contributed by atoms with Crippen LogP contribution in [0.4, 0.5) is 5.69 Å². The predicted molar refractivity (Wildman–Crippen MR) is 135 cm³/mol. The van der Waals surface area contributed by atoms with E-state index in [0.29, 0.717) is 22.3 Å². The fraction of sp³-hybridized carbons (Fsp3) is 0.375. The first kappa shape index (κ1) is 24.1. The molecule has 4 rings (SSSR count). The molecule has 33 heavy (non-hydrogen) atoms. The quantitative estimate of drug-likeness (QED) is 0.401. The van der Waals surface area contributed by atoms with Crippen molar-refractivity contribution in [3.63, 3.8) is 0 Å². The summed E-state index contributed by atoms with van der Waals surface area (Å²) >= 11 is 13.9. The van der Waals surface area contributed by atoms with Gasteiger partial charge in [0.25, 0.3) is 0 Å². The molecule has 2 heterocycles. The van der Waals surface area contributed by atoms with Crippen LogP contribution in [0.15, 0.2) is 47.6 Å². The molecule has 1 fully saturated rings. The van der Waals surface area contributed by atoms with E-state index in [-0.39, 0.29) is 11.7 Å². The van der Waals surface area contributed by atoms with Crippen LogP contribution >= 0.6 is 35.0 Å². The van der Waals surface area contributed by atoms with Crippen molar-refractivity contribution in [2.45, 2.75) is 44.4 Å². The lowest BCUT2D eigenvalue weighted by Crippen LogP contribution is -2.30. The molecule has 174 valence electrons. The molecule has 0 atom stereocenters. The molecular formula is C24H27Cl2N5OS. The van der Waals surface area contributed by atoms with E-state index in [1.54, 1.807) is 6.07 Å². The minimum atomic E-state index is -0.193. The van der Waals surface area contributed by atoms with Crippen molar-refractivity contribution in [1.82, 2.24) is 19.7 Å². The molecule has 1 amide bonds. The van der Waals surface area contributed by atoms with Crippen molar-refractivity contribution in [3.05, 3.63) is 69.5 Å². The highest BCUT2D eigenvalue weighted by atomic mass is 35.5. The van der Waals surface area contributed by atoms with Crippen LogP contribution in [0, 0.1) is 6.92 Å². The fourth-order valence-corrected chi connectivity index (χ4v) is 5.08. The van der Waals surface area contributed by atoms with Crippen LogP contribution in [-0.2, 0) is 17.9 Å². The number of piperidine rings is 1. The second kappa shape index (κ2) is 11.4. The highest BCUT2D eigenvalue weighted by molar-refractivity contribution is 7.99. The van der Waals surface area contributed by atoms with E-state index in [2.05, 4.69) is 37.1 Å². The molecule has 1 N–H and O–H groups in total. The van der Waals surface area contributed by atoms with Crippen LogP contribution in [0.1, 0.15) is 36.2 Å². The molecule has 3 aromatic rings. The maximum Gasteiger partial charge on any atom is 0.234 e. The fourth-order valence-electron chi connectivity index (χ4n) is 3.86. The molecule has 0 aliphatic carbocycles. The van der Waals surface area contributed by atoms with Crippen LogP contribution < -0.4 is 5.32 Å². The Morgan fingerprint density at radius 1 is 1.03 bits per heavy atom. The summed E-state index contributed by atoms with van der Waals surface area (Å²) in [5.41, 5.74) is 2.47. The van der Waals surface area contributed by atoms with Gasteiger partial charge in [-0.3, -0.25) is 9.69 Å². The topological polar surface area (TPSA) is 63.1 Å². The molecule has 9 heteroatoms. The molecule has 6 nitrogen and oxygen atoms in total. The normalized spacial score (nSPS) is 14.4. The molecular weight excluding hydrogens is 477 g/mol. The number of anilines is 1. The number of benzene rings is 2. The van der Waals surface area contributed by atoms with Gasteiger partial charge in [-0.1, -0.05) is 77.8 Å². The third-order valence-corrected chi connectivity index (χ3v) is 7.44. The van der Waals surface area contributed by atoms with E-state index < -0.39 is 0 Å². The zero-order valence-electron chi connectivity index (χ0n) is 18.6. The van der Waals surface area contributed by atoms with Gasteiger partial charge < -0.3 is 9.88 Å². The van der Waals surface area contributed by atoms with Crippen molar-refractivity contribution in [2.75, 3.05) is 24.2 Å². The Labute approximate surface area is 208 Å². The lowest BCUT2D eigenvalue weighted by atomic mass is 10.1. The Kier molecular flexibility index (Phi) is 8.30. The second-order valence-corrected chi connectivity index (χ2v) is 9.93. The van der Waals surface area contributed by atoms with Crippen molar-refractivity contribution in [3.8, 4) is 0 Å². The van der Waals surface area contributed by atoms with Gasteiger partial charge in [0.05, 0.1) is 34.6 Å². The van der Waals surface area contributed by atoms with E-state index in [9.17, 15) is 4.79 Å². The van der Waals surface area contributed by atoms with Gasteiger partial charge in [-0.05, 0) is 50.0 Å². The van der Waals surface area contributed by atoms with Gasteiger partial charge >= 0.3 is 0 Å². The summed E-state index contributed by atoms with van der Waals surface area (Å²) in [5.74, 6) is 0.909. The summed E-state index contributed by atoms with van der Waals surface area (Å²) in [6.07, 6.45) is 3.73. The van der Waals surface area contributed by atoms with Crippen LogP contribution in [0.3, 0.4) is 0 Å². The summed E-state index contributed by atoms with van der Waals surface area (Å²) in [6.45, 7) is 5.47. The number of nitrogens with one attached hydrogen (secondary N) is 1. The van der Waals surface area contributed by atoms with Crippen LogP contribution in [0.2, 0.25) is 10.0 Å². The molecule has 0 radical (unpaired) electrons. The molecule has 0 unspecified atom stereocenters. The number of rotatable bonds is 8. The molecule has 1 aliphatic heterocycles. The third kappa shape index (κ3) is 6.29. The minimum Gasteiger partial charge on any atom is -0.323 e. The molecule has 0 spiro atoms.